The molecule has 0 unspecified atom stereocenters. The second kappa shape index (κ2) is 6.89. The van der Waals surface area contributed by atoms with Gasteiger partial charge in [0, 0.05) is 22.7 Å². The van der Waals surface area contributed by atoms with E-state index in [0.717, 1.165) is 16.5 Å². The molecule has 0 atom stereocenters. The molecule has 0 saturated heterocycles. The molecule has 3 rings (SSSR count). The summed E-state index contributed by atoms with van der Waals surface area (Å²) in [5.74, 6) is -0.152. The van der Waals surface area contributed by atoms with Gasteiger partial charge in [-0.15, -0.1) is 0 Å². The van der Waals surface area contributed by atoms with Crippen LogP contribution in [0.15, 0.2) is 53.3 Å². The Bertz CT molecular complexity index is 963. The van der Waals surface area contributed by atoms with Gasteiger partial charge in [0.1, 0.15) is 0 Å². The number of carbonyl (C=O) groups excluding carboxylic acids is 1. The average Bonchev–Trinajstić information content (AvgIpc) is 2.54. The van der Waals surface area contributed by atoms with Crippen molar-refractivity contribution in [2.24, 2.45) is 0 Å². The molecule has 1 amide bonds. The first-order valence-electron chi connectivity index (χ1n) is 7.70. The van der Waals surface area contributed by atoms with E-state index in [9.17, 15) is 9.59 Å². The van der Waals surface area contributed by atoms with Gasteiger partial charge in [0.15, 0.2) is 0 Å². The summed E-state index contributed by atoms with van der Waals surface area (Å²) < 4.78 is 0. The van der Waals surface area contributed by atoms with E-state index in [1.54, 1.807) is 24.3 Å². The molecule has 0 fully saturated rings. The summed E-state index contributed by atoms with van der Waals surface area (Å²) in [5, 5.41) is 4.32. The fourth-order valence-electron chi connectivity index (χ4n) is 2.65. The zero-order chi connectivity index (χ0) is 17.1. The molecule has 0 aliphatic carbocycles. The summed E-state index contributed by atoms with van der Waals surface area (Å²) in [5.41, 5.74) is 2.97. The number of pyridine rings is 1. The van der Waals surface area contributed by atoms with E-state index in [-0.39, 0.29) is 17.9 Å². The van der Waals surface area contributed by atoms with Crippen molar-refractivity contribution in [1.82, 2.24) is 4.98 Å². The Kier molecular flexibility index (Phi) is 4.67. The highest BCUT2D eigenvalue weighted by molar-refractivity contribution is 6.30. The van der Waals surface area contributed by atoms with Gasteiger partial charge >= 0.3 is 0 Å². The van der Waals surface area contributed by atoms with Gasteiger partial charge in [-0.25, -0.2) is 0 Å². The Morgan fingerprint density at radius 1 is 1.17 bits per heavy atom. The molecule has 2 N–H and O–H groups in total. The zero-order valence-electron chi connectivity index (χ0n) is 13.2. The SMILES string of the molecule is Cc1cccc2cc(CCC(=O)Nc3cccc(Cl)c3)c(=O)[nH]c12. The number of fused-ring (bicyclic) bond motifs is 1. The summed E-state index contributed by atoms with van der Waals surface area (Å²) in [6, 6.07) is 14.7. The number of hydrogen-bond donors (Lipinski definition) is 2. The van der Waals surface area contributed by atoms with Crippen molar-refractivity contribution in [1.29, 1.82) is 0 Å². The molecule has 0 saturated carbocycles. The van der Waals surface area contributed by atoms with Gasteiger partial charge in [-0.1, -0.05) is 35.9 Å². The van der Waals surface area contributed by atoms with Gasteiger partial charge in [-0.3, -0.25) is 9.59 Å². The first-order chi connectivity index (χ1) is 11.5. The molecule has 24 heavy (non-hydrogen) atoms. The maximum atomic E-state index is 12.2. The van der Waals surface area contributed by atoms with Crippen molar-refractivity contribution in [3.05, 3.63) is 75.0 Å². The number of para-hydroxylation sites is 1. The van der Waals surface area contributed by atoms with Gasteiger partial charge in [0.2, 0.25) is 5.91 Å². The highest BCUT2D eigenvalue weighted by Crippen LogP contribution is 2.17. The van der Waals surface area contributed by atoms with Crippen LogP contribution in [0.3, 0.4) is 0 Å². The molecule has 0 aliphatic heterocycles. The van der Waals surface area contributed by atoms with Crippen LogP contribution in [0.5, 0.6) is 0 Å². The minimum atomic E-state index is -0.152. The number of anilines is 1. The van der Waals surface area contributed by atoms with E-state index >= 15 is 0 Å². The highest BCUT2D eigenvalue weighted by atomic mass is 35.5. The fourth-order valence-corrected chi connectivity index (χ4v) is 2.84. The summed E-state index contributed by atoms with van der Waals surface area (Å²) >= 11 is 5.89. The first-order valence-corrected chi connectivity index (χ1v) is 8.08. The van der Waals surface area contributed by atoms with Crippen LogP contribution in [0, 0.1) is 6.92 Å². The Morgan fingerprint density at radius 3 is 2.75 bits per heavy atom. The van der Waals surface area contributed by atoms with Crippen molar-refractivity contribution in [2.75, 3.05) is 5.32 Å². The summed E-state index contributed by atoms with van der Waals surface area (Å²) in [4.78, 5) is 27.2. The van der Waals surface area contributed by atoms with Crippen LogP contribution in [-0.4, -0.2) is 10.9 Å². The lowest BCUT2D eigenvalue weighted by Gasteiger charge is -2.07. The van der Waals surface area contributed by atoms with Crippen LogP contribution >= 0.6 is 11.6 Å². The van der Waals surface area contributed by atoms with Crippen LogP contribution in [0.2, 0.25) is 5.02 Å². The summed E-state index contributed by atoms with van der Waals surface area (Å²) in [6.07, 6.45) is 0.610. The van der Waals surface area contributed by atoms with Gasteiger partial charge in [0.25, 0.3) is 5.56 Å². The second-order valence-electron chi connectivity index (χ2n) is 5.72. The molecular formula is C19H17ClN2O2. The second-order valence-corrected chi connectivity index (χ2v) is 6.16. The average molecular weight is 341 g/mol. The van der Waals surface area contributed by atoms with Crippen LogP contribution in [0.25, 0.3) is 10.9 Å². The van der Waals surface area contributed by atoms with E-state index in [1.807, 2.05) is 31.2 Å². The molecule has 2 aromatic carbocycles. The van der Waals surface area contributed by atoms with E-state index in [2.05, 4.69) is 10.3 Å². The molecule has 3 aromatic rings. The Hall–Kier alpha value is -2.59. The third-order valence-electron chi connectivity index (χ3n) is 3.89. The van der Waals surface area contributed by atoms with Crippen molar-refractivity contribution >= 4 is 34.1 Å². The van der Waals surface area contributed by atoms with Gasteiger partial charge in [-0.05, 0) is 48.6 Å². The summed E-state index contributed by atoms with van der Waals surface area (Å²) in [7, 11) is 0. The fraction of sp³-hybridized carbons (Fsp3) is 0.158. The Balaban J connectivity index is 1.72. The minimum Gasteiger partial charge on any atom is -0.326 e. The predicted octanol–water partition coefficient (Wildman–Crippen LogP) is 4.06. The van der Waals surface area contributed by atoms with Crippen LogP contribution in [0.4, 0.5) is 5.69 Å². The minimum absolute atomic E-state index is 0.146. The third kappa shape index (κ3) is 3.66. The molecule has 0 bridgehead atoms. The normalized spacial score (nSPS) is 10.8. The number of rotatable bonds is 4. The Morgan fingerprint density at radius 2 is 1.96 bits per heavy atom. The zero-order valence-corrected chi connectivity index (χ0v) is 14.0. The molecule has 0 radical (unpaired) electrons. The summed E-state index contributed by atoms with van der Waals surface area (Å²) in [6.45, 7) is 1.95. The van der Waals surface area contributed by atoms with Crippen molar-refractivity contribution in [3.8, 4) is 0 Å². The number of nitrogens with one attached hydrogen (secondary N) is 2. The molecule has 0 aliphatic rings. The first kappa shape index (κ1) is 16.3. The smallest absolute Gasteiger partial charge is 0.251 e. The number of hydrogen-bond acceptors (Lipinski definition) is 2. The number of H-pyrrole nitrogens is 1. The third-order valence-corrected chi connectivity index (χ3v) is 4.13. The Labute approximate surface area is 144 Å². The lowest BCUT2D eigenvalue weighted by Crippen LogP contribution is -2.17. The van der Waals surface area contributed by atoms with E-state index < -0.39 is 0 Å². The number of aryl methyl sites for hydroxylation is 2. The number of aromatic nitrogens is 1. The number of aromatic amines is 1. The van der Waals surface area contributed by atoms with E-state index in [0.29, 0.717) is 22.7 Å². The maximum absolute atomic E-state index is 12.2. The van der Waals surface area contributed by atoms with E-state index in [4.69, 9.17) is 11.6 Å². The van der Waals surface area contributed by atoms with Crippen molar-refractivity contribution < 1.29 is 4.79 Å². The van der Waals surface area contributed by atoms with Crippen LogP contribution in [0.1, 0.15) is 17.5 Å². The maximum Gasteiger partial charge on any atom is 0.251 e. The number of carbonyl (C=O) groups is 1. The van der Waals surface area contributed by atoms with Gasteiger partial charge in [-0.2, -0.15) is 0 Å². The molecular weight excluding hydrogens is 324 g/mol. The van der Waals surface area contributed by atoms with E-state index in [1.165, 1.54) is 0 Å². The standard InChI is InChI=1S/C19H17ClN2O2/c1-12-4-2-5-13-10-14(19(24)22-18(12)13)8-9-17(23)21-16-7-3-6-15(20)11-16/h2-7,10-11H,8-9H2,1H3,(H,21,23)(H,22,24). The topological polar surface area (TPSA) is 62.0 Å². The van der Waals surface area contributed by atoms with Crippen LogP contribution in [-0.2, 0) is 11.2 Å². The van der Waals surface area contributed by atoms with Crippen LogP contribution < -0.4 is 10.9 Å². The quantitative estimate of drug-likeness (QED) is 0.752. The number of amides is 1. The van der Waals surface area contributed by atoms with Gasteiger partial charge in [0.05, 0.1) is 5.52 Å². The lowest BCUT2D eigenvalue weighted by molar-refractivity contribution is -0.116. The number of benzene rings is 2. The molecule has 122 valence electrons. The number of halogens is 1. The molecule has 0 spiro atoms. The largest absolute Gasteiger partial charge is 0.326 e. The van der Waals surface area contributed by atoms with Crippen molar-refractivity contribution in [3.63, 3.8) is 0 Å². The van der Waals surface area contributed by atoms with Crippen molar-refractivity contribution in [2.45, 2.75) is 19.8 Å². The lowest BCUT2D eigenvalue weighted by atomic mass is 10.1. The molecule has 4 nitrogen and oxygen atoms in total. The predicted molar refractivity (Wildman–Crippen MR) is 97.7 cm³/mol. The monoisotopic (exact) mass is 340 g/mol. The molecule has 5 heteroatoms. The highest BCUT2D eigenvalue weighted by Gasteiger charge is 2.08. The molecule has 1 heterocycles. The van der Waals surface area contributed by atoms with Gasteiger partial charge < -0.3 is 10.3 Å². The molecule has 1 aromatic heterocycles.